The summed E-state index contributed by atoms with van der Waals surface area (Å²) >= 11 is 0. The van der Waals surface area contributed by atoms with Gasteiger partial charge in [-0.25, -0.2) is 0 Å². The van der Waals surface area contributed by atoms with Crippen molar-refractivity contribution in [2.75, 3.05) is 38.7 Å². The summed E-state index contributed by atoms with van der Waals surface area (Å²) in [5.41, 5.74) is 3.48. The lowest BCUT2D eigenvalue weighted by Crippen LogP contribution is -2.49. The summed E-state index contributed by atoms with van der Waals surface area (Å²) in [5, 5.41) is 3.17. The molecule has 2 saturated heterocycles. The molecule has 3 atom stereocenters. The number of likely N-dealkylation sites (tertiary alicyclic amines) is 1. The summed E-state index contributed by atoms with van der Waals surface area (Å²) in [6.07, 6.45) is 3.12. The number of anilines is 1. The number of amides is 2. The first-order valence-corrected chi connectivity index (χ1v) is 12.3. The SMILES string of the molecule is COc1ccc(CN2CCC3C2C(=O)NCC(CCC(=O)N2CCc4ccccc42)N3C)cc1. The number of hydrogen-bond donors (Lipinski definition) is 1. The molecule has 2 aromatic rings. The monoisotopic (exact) mass is 462 g/mol. The fourth-order valence-electron chi connectivity index (χ4n) is 5.81. The highest BCUT2D eigenvalue weighted by Gasteiger charge is 2.45. The molecule has 2 fully saturated rings. The van der Waals surface area contributed by atoms with Gasteiger partial charge in [-0.1, -0.05) is 30.3 Å². The molecule has 34 heavy (non-hydrogen) atoms. The Morgan fingerprint density at radius 1 is 1.12 bits per heavy atom. The van der Waals surface area contributed by atoms with Crippen LogP contribution in [0.25, 0.3) is 0 Å². The Balaban J connectivity index is 1.22. The molecule has 2 amide bonds. The zero-order valence-electron chi connectivity index (χ0n) is 20.1. The molecule has 0 saturated carbocycles. The summed E-state index contributed by atoms with van der Waals surface area (Å²) in [6, 6.07) is 16.4. The van der Waals surface area contributed by atoms with E-state index < -0.39 is 0 Å². The van der Waals surface area contributed by atoms with E-state index in [9.17, 15) is 9.59 Å². The number of hydrogen-bond acceptors (Lipinski definition) is 5. The van der Waals surface area contributed by atoms with Crippen LogP contribution in [0.1, 0.15) is 30.4 Å². The van der Waals surface area contributed by atoms with Crippen LogP contribution in [0.3, 0.4) is 0 Å². The Kier molecular flexibility index (Phi) is 6.57. The fourth-order valence-corrected chi connectivity index (χ4v) is 5.81. The molecular weight excluding hydrogens is 428 g/mol. The maximum atomic E-state index is 13.1. The molecule has 2 aromatic carbocycles. The molecule has 3 heterocycles. The third-order valence-corrected chi connectivity index (χ3v) is 7.77. The van der Waals surface area contributed by atoms with Gasteiger partial charge in [-0.05, 0) is 55.6 Å². The minimum Gasteiger partial charge on any atom is -0.497 e. The van der Waals surface area contributed by atoms with Crippen molar-refractivity contribution in [1.29, 1.82) is 0 Å². The quantitative estimate of drug-likeness (QED) is 0.715. The first kappa shape index (κ1) is 22.9. The molecule has 3 unspecified atom stereocenters. The van der Waals surface area contributed by atoms with E-state index in [4.69, 9.17) is 4.74 Å². The first-order chi connectivity index (χ1) is 16.5. The molecular formula is C27H34N4O3. The lowest BCUT2D eigenvalue weighted by atomic mass is 10.0. The second-order valence-electron chi connectivity index (χ2n) is 9.65. The van der Waals surface area contributed by atoms with Crippen molar-refractivity contribution in [1.82, 2.24) is 15.1 Å². The van der Waals surface area contributed by atoms with E-state index in [1.807, 2.05) is 35.2 Å². The number of fused-ring (bicyclic) bond motifs is 2. The van der Waals surface area contributed by atoms with Crippen molar-refractivity contribution in [3.05, 3.63) is 59.7 Å². The van der Waals surface area contributed by atoms with Gasteiger partial charge in [0.1, 0.15) is 11.8 Å². The minimum atomic E-state index is -0.168. The van der Waals surface area contributed by atoms with Crippen molar-refractivity contribution >= 4 is 17.5 Å². The molecule has 0 aromatic heterocycles. The molecule has 0 spiro atoms. The molecule has 1 N–H and O–H groups in total. The molecule has 3 aliphatic rings. The zero-order valence-corrected chi connectivity index (χ0v) is 20.1. The largest absolute Gasteiger partial charge is 0.497 e. The highest BCUT2D eigenvalue weighted by Crippen LogP contribution is 2.31. The Bertz CT molecular complexity index is 1040. The molecule has 0 aliphatic carbocycles. The van der Waals surface area contributed by atoms with Gasteiger partial charge in [0.25, 0.3) is 0 Å². The number of ether oxygens (including phenoxy) is 1. The highest BCUT2D eigenvalue weighted by molar-refractivity contribution is 5.95. The third-order valence-electron chi connectivity index (χ3n) is 7.77. The number of nitrogens with zero attached hydrogens (tertiary/aromatic N) is 3. The standard InChI is InChI=1S/C27H34N4O3/c1-29-21(9-12-25(32)31-16-13-20-5-3-4-6-23(20)31)17-28-27(33)26-24(29)14-15-30(26)18-19-7-10-22(34-2)11-8-19/h3-8,10-11,21,24,26H,9,12-18H2,1-2H3,(H,28,33). The lowest BCUT2D eigenvalue weighted by molar-refractivity contribution is -0.126. The third kappa shape index (κ3) is 4.42. The topological polar surface area (TPSA) is 65.1 Å². The number of carbonyl (C=O) groups excluding carboxylic acids is 2. The smallest absolute Gasteiger partial charge is 0.239 e. The van der Waals surface area contributed by atoms with E-state index in [2.05, 4.69) is 40.4 Å². The number of carbonyl (C=O) groups is 2. The second-order valence-corrected chi connectivity index (χ2v) is 9.65. The fraction of sp³-hybridized carbons (Fsp3) is 0.481. The van der Waals surface area contributed by atoms with Gasteiger partial charge in [-0.3, -0.25) is 19.4 Å². The number of likely N-dealkylation sites (N-methyl/N-ethyl adjacent to an activating group) is 1. The van der Waals surface area contributed by atoms with Gasteiger partial charge in [-0.2, -0.15) is 0 Å². The Labute approximate surface area is 201 Å². The minimum absolute atomic E-state index is 0.102. The van der Waals surface area contributed by atoms with Crippen LogP contribution in [0.4, 0.5) is 5.69 Å². The van der Waals surface area contributed by atoms with Crippen LogP contribution >= 0.6 is 0 Å². The van der Waals surface area contributed by atoms with E-state index in [0.29, 0.717) is 13.0 Å². The molecule has 0 radical (unpaired) electrons. The molecule has 3 aliphatic heterocycles. The Morgan fingerprint density at radius 2 is 1.91 bits per heavy atom. The number of para-hydroxylation sites is 1. The predicted molar refractivity (Wildman–Crippen MR) is 132 cm³/mol. The van der Waals surface area contributed by atoms with Crippen molar-refractivity contribution in [3.63, 3.8) is 0 Å². The van der Waals surface area contributed by atoms with Crippen LogP contribution in [0.15, 0.2) is 48.5 Å². The van der Waals surface area contributed by atoms with Crippen LogP contribution in [-0.2, 0) is 22.6 Å². The number of methoxy groups -OCH3 is 1. The van der Waals surface area contributed by atoms with E-state index in [1.54, 1.807) is 7.11 Å². The van der Waals surface area contributed by atoms with Gasteiger partial charge in [0.15, 0.2) is 0 Å². The van der Waals surface area contributed by atoms with Gasteiger partial charge < -0.3 is 15.0 Å². The molecule has 180 valence electrons. The Morgan fingerprint density at radius 3 is 2.71 bits per heavy atom. The molecule has 7 nitrogen and oxygen atoms in total. The number of rotatable bonds is 6. The summed E-state index contributed by atoms with van der Waals surface area (Å²) in [5.74, 6) is 1.12. The van der Waals surface area contributed by atoms with Crippen LogP contribution in [0.2, 0.25) is 0 Å². The van der Waals surface area contributed by atoms with Gasteiger partial charge in [0, 0.05) is 50.4 Å². The summed E-state index contributed by atoms with van der Waals surface area (Å²) in [7, 11) is 3.79. The van der Waals surface area contributed by atoms with Gasteiger partial charge >= 0.3 is 0 Å². The second kappa shape index (κ2) is 9.76. The lowest BCUT2D eigenvalue weighted by Gasteiger charge is -2.33. The summed E-state index contributed by atoms with van der Waals surface area (Å²) in [4.78, 5) is 32.7. The predicted octanol–water partition coefficient (Wildman–Crippen LogP) is 2.44. The zero-order chi connectivity index (χ0) is 23.7. The summed E-state index contributed by atoms with van der Waals surface area (Å²) < 4.78 is 5.26. The van der Waals surface area contributed by atoms with Crippen LogP contribution < -0.4 is 15.0 Å². The first-order valence-electron chi connectivity index (χ1n) is 12.3. The van der Waals surface area contributed by atoms with E-state index >= 15 is 0 Å². The maximum absolute atomic E-state index is 13.1. The van der Waals surface area contributed by atoms with Crippen molar-refractivity contribution in [3.8, 4) is 5.75 Å². The maximum Gasteiger partial charge on any atom is 0.239 e. The van der Waals surface area contributed by atoms with Crippen LogP contribution in [0.5, 0.6) is 5.75 Å². The molecule has 0 bridgehead atoms. The van der Waals surface area contributed by atoms with Crippen molar-refractivity contribution in [2.45, 2.75) is 50.4 Å². The summed E-state index contributed by atoms with van der Waals surface area (Å²) in [6.45, 7) is 2.97. The average Bonchev–Trinajstić information content (AvgIpc) is 3.45. The normalized spacial score (nSPS) is 24.9. The van der Waals surface area contributed by atoms with Crippen LogP contribution in [-0.4, -0.2) is 73.5 Å². The van der Waals surface area contributed by atoms with Crippen molar-refractivity contribution < 1.29 is 14.3 Å². The average molecular weight is 463 g/mol. The van der Waals surface area contributed by atoms with E-state index in [1.165, 1.54) is 11.1 Å². The molecule has 5 rings (SSSR count). The highest BCUT2D eigenvalue weighted by atomic mass is 16.5. The van der Waals surface area contributed by atoms with Gasteiger partial charge in [0.2, 0.25) is 11.8 Å². The number of nitrogens with one attached hydrogen (secondary N) is 1. The van der Waals surface area contributed by atoms with E-state index in [0.717, 1.165) is 50.3 Å². The van der Waals surface area contributed by atoms with Gasteiger partial charge in [0.05, 0.1) is 7.11 Å². The van der Waals surface area contributed by atoms with Crippen molar-refractivity contribution in [2.24, 2.45) is 0 Å². The Hall–Kier alpha value is -2.90. The van der Waals surface area contributed by atoms with E-state index in [-0.39, 0.29) is 29.9 Å². The molecule has 7 heteroatoms. The number of benzene rings is 2. The van der Waals surface area contributed by atoms with Gasteiger partial charge in [-0.15, -0.1) is 0 Å². The van der Waals surface area contributed by atoms with Crippen LogP contribution in [0, 0.1) is 0 Å².